The lowest BCUT2D eigenvalue weighted by atomic mass is 9.75. The maximum atomic E-state index is 13.8. The van der Waals surface area contributed by atoms with Crippen molar-refractivity contribution in [1.82, 2.24) is 15.5 Å². The second-order valence-electron chi connectivity index (χ2n) is 15.6. The molecular formula is C43H55N3O6. The Kier molecular flexibility index (Phi) is 12.5. The van der Waals surface area contributed by atoms with Gasteiger partial charge in [-0.25, -0.2) is 4.79 Å². The molecule has 3 fully saturated rings. The third-order valence-corrected chi connectivity index (χ3v) is 10.5. The summed E-state index contributed by atoms with van der Waals surface area (Å²) in [6.45, 7) is 10.9. The maximum absolute atomic E-state index is 13.8. The fourth-order valence-electron chi connectivity index (χ4n) is 8.05. The Morgan fingerprint density at radius 1 is 0.923 bits per heavy atom. The van der Waals surface area contributed by atoms with Gasteiger partial charge in [-0.2, -0.15) is 0 Å². The van der Waals surface area contributed by atoms with Crippen LogP contribution in [-0.4, -0.2) is 58.9 Å². The van der Waals surface area contributed by atoms with Gasteiger partial charge in [0.05, 0.1) is 24.9 Å². The molecule has 2 saturated heterocycles. The van der Waals surface area contributed by atoms with E-state index in [9.17, 15) is 14.7 Å². The van der Waals surface area contributed by atoms with Crippen molar-refractivity contribution >= 4 is 12.0 Å². The Morgan fingerprint density at radius 3 is 2.40 bits per heavy atom. The number of fused-ring (bicyclic) bond motifs is 1. The van der Waals surface area contributed by atoms with Crippen LogP contribution in [0.4, 0.5) is 4.79 Å². The summed E-state index contributed by atoms with van der Waals surface area (Å²) in [6, 6.07) is 24.5. The molecule has 2 heterocycles. The first kappa shape index (κ1) is 37.7. The lowest BCUT2D eigenvalue weighted by molar-refractivity contribution is -0.255. The molecule has 0 bridgehead atoms. The lowest BCUT2D eigenvalue weighted by Gasteiger charge is -2.50. The number of hydrogen-bond donors (Lipinski definition) is 3. The topological polar surface area (TPSA) is 109 Å². The first-order chi connectivity index (χ1) is 25.1. The number of likely N-dealkylation sites (tertiary alicyclic amines) is 1. The van der Waals surface area contributed by atoms with Crippen LogP contribution >= 0.6 is 0 Å². The first-order valence-electron chi connectivity index (χ1n) is 18.9. The number of ether oxygens (including phenoxy) is 3. The van der Waals surface area contributed by atoms with Gasteiger partial charge in [0.15, 0.2) is 6.29 Å². The number of alkyl carbamates (subject to hydrolysis) is 1. The van der Waals surface area contributed by atoms with Crippen molar-refractivity contribution in [3.63, 3.8) is 0 Å². The summed E-state index contributed by atoms with van der Waals surface area (Å²) in [6.07, 6.45) is 7.49. The smallest absolute Gasteiger partial charge is 0.407 e. The van der Waals surface area contributed by atoms with E-state index in [-0.39, 0.29) is 42.9 Å². The monoisotopic (exact) mass is 709 g/mol. The number of carbonyl (C=O) groups is 2. The second-order valence-corrected chi connectivity index (χ2v) is 15.6. The number of nitrogens with one attached hydrogen (secondary N) is 2. The molecule has 0 aromatic heterocycles. The van der Waals surface area contributed by atoms with Crippen molar-refractivity contribution in [3.8, 4) is 11.1 Å². The van der Waals surface area contributed by atoms with Gasteiger partial charge in [-0.05, 0) is 86.3 Å². The summed E-state index contributed by atoms with van der Waals surface area (Å²) >= 11 is 0. The molecule has 6 atom stereocenters. The number of nitrogens with zero attached hydrogens (tertiary/aromatic N) is 1. The minimum absolute atomic E-state index is 0.0102. The summed E-state index contributed by atoms with van der Waals surface area (Å²) in [4.78, 5) is 28.2. The van der Waals surface area contributed by atoms with E-state index in [0.717, 1.165) is 52.6 Å². The molecule has 3 aromatic rings. The second kappa shape index (κ2) is 17.2. The van der Waals surface area contributed by atoms with E-state index in [1.54, 1.807) is 0 Å². The Bertz CT molecular complexity index is 1650. The molecule has 3 N–H and O–H groups in total. The summed E-state index contributed by atoms with van der Waals surface area (Å²) in [5.74, 6) is 0.720. The van der Waals surface area contributed by atoms with Crippen LogP contribution in [0.25, 0.3) is 11.1 Å². The summed E-state index contributed by atoms with van der Waals surface area (Å²) in [5.41, 5.74) is 5.54. The zero-order valence-electron chi connectivity index (χ0n) is 30.9. The fraction of sp³-hybridized carbons (Fsp3) is 0.488. The highest BCUT2D eigenvalue weighted by molar-refractivity contribution is 5.82. The number of amides is 2. The maximum Gasteiger partial charge on any atom is 0.407 e. The van der Waals surface area contributed by atoms with Crippen LogP contribution in [0.15, 0.2) is 85.5 Å². The molecule has 2 aliphatic heterocycles. The molecule has 278 valence electrons. The highest BCUT2D eigenvalue weighted by Gasteiger charge is 2.44. The van der Waals surface area contributed by atoms with Crippen LogP contribution in [0.2, 0.25) is 0 Å². The Morgan fingerprint density at radius 2 is 1.67 bits per heavy atom. The molecule has 3 aliphatic rings. The number of carbonyl (C=O) groups excluding carboxylic acids is 2. The molecular weight excluding hydrogens is 654 g/mol. The number of benzene rings is 3. The molecule has 0 radical (unpaired) electrons. The van der Waals surface area contributed by atoms with Crippen molar-refractivity contribution in [1.29, 1.82) is 0 Å². The van der Waals surface area contributed by atoms with Gasteiger partial charge in [0.1, 0.15) is 6.61 Å². The predicted octanol–water partition coefficient (Wildman–Crippen LogP) is 7.74. The standard InChI is InChI=1S/C43H55N3O6/c1-5-23-50-42(49)44-26-30-9-8-11-35(24-30)31-17-19-34(20-18-31)41-51-36(25-39(52-41)33-15-13-29(28-47)14-16-33)27-46-37-12-7-6-10-32(37)21-22-38(46)40(48)45-43(2,3)4/h5,8-9,11,13-20,24,32,36-39,41,47H,1,6-7,10,12,21-23,25-28H2,2-4H3,(H,44,49)(H,45,48)/t32-,36+,37-,38-,39-,41-/m1/s1. The van der Waals surface area contributed by atoms with Crippen molar-refractivity contribution in [2.75, 3.05) is 13.2 Å². The van der Waals surface area contributed by atoms with Crippen LogP contribution in [0.5, 0.6) is 0 Å². The number of aliphatic hydroxyl groups excluding tert-OH is 1. The molecule has 9 heteroatoms. The van der Waals surface area contributed by atoms with E-state index >= 15 is 0 Å². The molecule has 0 spiro atoms. The lowest BCUT2D eigenvalue weighted by Crippen LogP contribution is -2.61. The normalized spacial score (nSPS) is 25.1. The Balaban J connectivity index is 1.23. The molecule has 6 rings (SSSR count). The van der Waals surface area contributed by atoms with Crippen LogP contribution in [0.3, 0.4) is 0 Å². The molecule has 0 unspecified atom stereocenters. The zero-order valence-corrected chi connectivity index (χ0v) is 30.9. The van der Waals surface area contributed by atoms with Crippen LogP contribution in [0, 0.1) is 5.92 Å². The molecule has 1 aliphatic carbocycles. The van der Waals surface area contributed by atoms with E-state index < -0.39 is 12.4 Å². The highest BCUT2D eigenvalue weighted by atomic mass is 16.7. The summed E-state index contributed by atoms with van der Waals surface area (Å²) < 4.78 is 18.6. The first-order valence-corrected chi connectivity index (χ1v) is 18.9. The molecule has 9 nitrogen and oxygen atoms in total. The Hall–Kier alpha value is -4.02. The number of rotatable bonds is 11. The van der Waals surface area contributed by atoms with Gasteiger partial charge in [-0.1, -0.05) is 92.2 Å². The van der Waals surface area contributed by atoms with Gasteiger partial charge < -0.3 is 30.0 Å². The van der Waals surface area contributed by atoms with Crippen LogP contribution in [0.1, 0.15) is 100 Å². The Labute approximate surface area is 308 Å². The van der Waals surface area contributed by atoms with E-state index in [1.165, 1.54) is 25.3 Å². The number of piperidine rings is 1. The SMILES string of the molecule is C=CCOC(=O)NCc1cccc(-c2ccc([C@@H]3O[C@H](CN4[C@@H](C(=O)NC(C)(C)C)CC[C@H]5CCCC[C@H]54)C[C@H](c4ccc(CO)cc4)O3)cc2)c1. The average Bonchev–Trinajstić information content (AvgIpc) is 3.15. The van der Waals surface area contributed by atoms with Crippen molar-refractivity contribution in [2.45, 2.75) is 115 Å². The average molecular weight is 710 g/mol. The van der Waals surface area contributed by atoms with Crippen LogP contribution in [-0.2, 0) is 32.2 Å². The summed E-state index contributed by atoms with van der Waals surface area (Å²) in [7, 11) is 0. The van der Waals surface area contributed by atoms with E-state index in [4.69, 9.17) is 14.2 Å². The zero-order chi connectivity index (χ0) is 36.7. The fourth-order valence-corrected chi connectivity index (χ4v) is 8.05. The van der Waals surface area contributed by atoms with Crippen molar-refractivity contribution < 1.29 is 28.9 Å². The van der Waals surface area contributed by atoms with Gasteiger partial charge >= 0.3 is 6.09 Å². The number of aliphatic hydroxyl groups is 1. The summed E-state index contributed by atoms with van der Waals surface area (Å²) in [5, 5.41) is 15.7. The van der Waals surface area contributed by atoms with Crippen molar-refractivity contribution in [2.24, 2.45) is 5.92 Å². The predicted molar refractivity (Wildman–Crippen MR) is 202 cm³/mol. The van der Waals surface area contributed by atoms with Gasteiger partial charge in [-0.15, -0.1) is 0 Å². The minimum atomic E-state index is -0.596. The third-order valence-electron chi connectivity index (χ3n) is 10.5. The van der Waals surface area contributed by atoms with Gasteiger partial charge in [-0.3, -0.25) is 9.69 Å². The molecule has 1 saturated carbocycles. The third kappa shape index (κ3) is 9.69. The minimum Gasteiger partial charge on any atom is -0.445 e. The van der Waals surface area contributed by atoms with E-state index in [1.807, 2.05) is 63.2 Å². The molecule has 3 aromatic carbocycles. The quantitative estimate of drug-likeness (QED) is 0.175. The largest absolute Gasteiger partial charge is 0.445 e. The highest BCUT2D eigenvalue weighted by Crippen LogP contribution is 2.42. The molecule has 2 amide bonds. The van der Waals surface area contributed by atoms with Gasteiger partial charge in [0.2, 0.25) is 5.91 Å². The molecule has 52 heavy (non-hydrogen) atoms. The van der Waals surface area contributed by atoms with Crippen molar-refractivity contribution in [3.05, 3.63) is 108 Å². The van der Waals surface area contributed by atoms with Gasteiger partial charge in [0.25, 0.3) is 0 Å². The van der Waals surface area contributed by atoms with E-state index in [0.29, 0.717) is 31.5 Å². The van der Waals surface area contributed by atoms with E-state index in [2.05, 4.69) is 52.4 Å². The number of hydrogen-bond acceptors (Lipinski definition) is 7. The van der Waals surface area contributed by atoms with Crippen LogP contribution < -0.4 is 10.6 Å². The van der Waals surface area contributed by atoms with Gasteiger partial charge in [0, 0.05) is 36.7 Å².